The molecule has 0 radical (unpaired) electrons. The lowest BCUT2D eigenvalue weighted by Gasteiger charge is -1.85. The number of rotatable bonds is 1. The highest BCUT2D eigenvalue weighted by Crippen LogP contribution is 1.69. The average molecular weight is 113 g/mol. The first-order valence-electron chi connectivity index (χ1n) is 2.59. The van der Waals surface area contributed by atoms with E-state index in [-0.39, 0.29) is 0 Å². The number of hydrogen-bond acceptors (Lipinski definition) is 1. The molecule has 0 aliphatic rings. The third-order valence-corrected chi connectivity index (χ3v) is 0.581. The predicted molar refractivity (Wildman–Crippen MR) is 36.3 cm³/mol. The van der Waals surface area contributed by atoms with Gasteiger partial charge in [-0.3, -0.25) is 4.99 Å². The highest BCUT2D eigenvalue weighted by atomic mass is 15.0. The van der Waals surface area contributed by atoms with E-state index in [2.05, 4.69) is 9.98 Å². The number of hydrogen-bond donors (Lipinski definition) is 1. The highest BCUT2D eigenvalue weighted by molar-refractivity contribution is 5.85. The van der Waals surface area contributed by atoms with Crippen LogP contribution in [0.25, 0.3) is 0 Å². The van der Waals surface area contributed by atoms with Gasteiger partial charge in [-0.1, -0.05) is 0 Å². The van der Waals surface area contributed by atoms with Gasteiger partial charge in [-0.25, -0.2) is 4.99 Å². The molecule has 0 unspecified atom stereocenters. The molecule has 0 aromatic rings. The smallest absolute Gasteiger partial charge is 0.214 e. The van der Waals surface area contributed by atoms with E-state index < -0.39 is 0 Å². The monoisotopic (exact) mass is 113 g/mol. The van der Waals surface area contributed by atoms with Crippen molar-refractivity contribution in [3.8, 4) is 0 Å². The van der Waals surface area contributed by atoms with E-state index in [1.165, 1.54) is 0 Å². The third-order valence-electron chi connectivity index (χ3n) is 0.581. The zero-order chi connectivity index (χ0) is 6.41. The molecule has 3 nitrogen and oxygen atoms in total. The zero-order valence-corrected chi connectivity index (χ0v) is 5.26. The van der Waals surface area contributed by atoms with Crippen LogP contribution in [-0.4, -0.2) is 18.7 Å². The van der Waals surface area contributed by atoms with Crippen molar-refractivity contribution in [3.05, 3.63) is 0 Å². The van der Waals surface area contributed by atoms with Crippen molar-refractivity contribution >= 4 is 12.2 Å². The molecule has 0 aromatic carbocycles. The van der Waals surface area contributed by atoms with Crippen LogP contribution < -0.4 is 5.73 Å². The fraction of sp³-hybridized carbons (Fsp3) is 0.600. The molecule has 0 saturated carbocycles. The topological polar surface area (TPSA) is 50.7 Å². The van der Waals surface area contributed by atoms with Gasteiger partial charge in [-0.2, -0.15) is 0 Å². The Kier molecular flexibility index (Phi) is 3.84. The van der Waals surface area contributed by atoms with Crippen LogP contribution in [0.3, 0.4) is 0 Å². The van der Waals surface area contributed by atoms with Gasteiger partial charge >= 0.3 is 0 Å². The molecule has 0 aromatic heterocycles. The van der Waals surface area contributed by atoms with Crippen LogP contribution in [0.15, 0.2) is 9.98 Å². The van der Waals surface area contributed by atoms with E-state index in [9.17, 15) is 0 Å². The number of nitrogens with two attached hydrogens (primary N) is 1. The van der Waals surface area contributed by atoms with Gasteiger partial charge in [0.25, 0.3) is 0 Å². The zero-order valence-electron chi connectivity index (χ0n) is 5.26. The molecule has 0 amide bonds. The van der Waals surface area contributed by atoms with Crippen molar-refractivity contribution in [2.45, 2.75) is 13.8 Å². The Morgan fingerprint density at radius 3 is 2.75 bits per heavy atom. The second kappa shape index (κ2) is 4.30. The largest absolute Gasteiger partial charge is 0.368 e. The van der Waals surface area contributed by atoms with Crippen LogP contribution in [0, 0.1) is 0 Å². The molecular formula is C5H11N3. The van der Waals surface area contributed by atoms with Gasteiger partial charge in [0.1, 0.15) is 0 Å². The molecule has 0 rings (SSSR count). The molecule has 8 heavy (non-hydrogen) atoms. The Bertz CT molecular complexity index is 104. The van der Waals surface area contributed by atoms with Crippen LogP contribution in [0.1, 0.15) is 13.8 Å². The number of aliphatic imine (C=N–C) groups is 2. The molecule has 0 aliphatic heterocycles. The lowest BCUT2D eigenvalue weighted by molar-refractivity contribution is 1.11. The molecule has 0 bridgehead atoms. The van der Waals surface area contributed by atoms with Crippen molar-refractivity contribution in [1.29, 1.82) is 0 Å². The van der Waals surface area contributed by atoms with Gasteiger partial charge in [0, 0.05) is 12.8 Å². The lowest BCUT2D eigenvalue weighted by atomic mass is 10.8. The van der Waals surface area contributed by atoms with Crippen LogP contribution in [0.4, 0.5) is 0 Å². The fourth-order valence-electron chi connectivity index (χ4n) is 0.335. The Labute approximate surface area is 49.3 Å². The fourth-order valence-corrected chi connectivity index (χ4v) is 0.335. The maximum atomic E-state index is 5.25. The van der Waals surface area contributed by atoms with E-state index >= 15 is 0 Å². The van der Waals surface area contributed by atoms with E-state index in [1.807, 2.05) is 6.92 Å². The SMILES string of the molecule is CC=NC(N)=NCC. The Morgan fingerprint density at radius 2 is 2.38 bits per heavy atom. The summed E-state index contributed by atoms with van der Waals surface area (Å²) in [4.78, 5) is 7.53. The first-order valence-corrected chi connectivity index (χ1v) is 2.59. The predicted octanol–water partition coefficient (Wildman–Crippen LogP) is 0.412. The minimum atomic E-state index is 0.356. The van der Waals surface area contributed by atoms with Crippen LogP contribution in [-0.2, 0) is 0 Å². The van der Waals surface area contributed by atoms with E-state index in [1.54, 1.807) is 13.1 Å². The van der Waals surface area contributed by atoms with Crippen molar-refractivity contribution < 1.29 is 0 Å². The van der Waals surface area contributed by atoms with Gasteiger partial charge in [-0.05, 0) is 13.8 Å². The summed E-state index contributed by atoms with van der Waals surface area (Å²) in [5, 5.41) is 0. The second-order valence-corrected chi connectivity index (χ2v) is 1.22. The molecule has 0 spiro atoms. The minimum Gasteiger partial charge on any atom is -0.368 e. The molecule has 0 saturated heterocycles. The van der Waals surface area contributed by atoms with Crippen molar-refractivity contribution in [1.82, 2.24) is 0 Å². The van der Waals surface area contributed by atoms with E-state index in [0.29, 0.717) is 12.5 Å². The van der Waals surface area contributed by atoms with Crippen LogP contribution in [0.2, 0.25) is 0 Å². The molecule has 0 atom stereocenters. The molecular weight excluding hydrogens is 102 g/mol. The third kappa shape index (κ3) is 3.33. The maximum absolute atomic E-state index is 5.25. The van der Waals surface area contributed by atoms with E-state index in [0.717, 1.165) is 0 Å². The highest BCUT2D eigenvalue weighted by Gasteiger charge is 1.76. The number of nitrogens with zero attached hydrogens (tertiary/aromatic N) is 2. The van der Waals surface area contributed by atoms with Crippen molar-refractivity contribution in [2.24, 2.45) is 15.7 Å². The Balaban J connectivity index is 3.61. The lowest BCUT2D eigenvalue weighted by Crippen LogP contribution is -2.07. The number of guanidine groups is 1. The Morgan fingerprint density at radius 1 is 1.75 bits per heavy atom. The van der Waals surface area contributed by atoms with Gasteiger partial charge in [0.05, 0.1) is 0 Å². The molecule has 0 aliphatic carbocycles. The van der Waals surface area contributed by atoms with Crippen molar-refractivity contribution in [3.63, 3.8) is 0 Å². The summed E-state index contributed by atoms with van der Waals surface area (Å²) in [7, 11) is 0. The van der Waals surface area contributed by atoms with Gasteiger partial charge in [-0.15, -0.1) is 0 Å². The first-order chi connectivity index (χ1) is 3.81. The summed E-state index contributed by atoms with van der Waals surface area (Å²) in [6, 6.07) is 0. The molecule has 2 N–H and O–H groups in total. The first kappa shape index (κ1) is 7.14. The standard InChI is InChI=1S/C5H11N3/c1-3-7-5(6)8-4-2/h3H,4H2,1-2H3,(H2,6,8). The summed E-state index contributed by atoms with van der Waals surface area (Å²) < 4.78 is 0. The minimum absolute atomic E-state index is 0.356. The molecule has 46 valence electrons. The van der Waals surface area contributed by atoms with Gasteiger partial charge < -0.3 is 5.73 Å². The maximum Gasteiger partial charge on any atom is 0.214 e. The van der Waals surface area contributed by atoms with Gasteiger partial charge in [0.15, 0.2) is 0 Å². The molecule has 3 heteroatoms. The average Bonchev–Trinajstić information content (AvgIpc) is 1.68. The van der Waals surface area contributed by atoms with Gasteiger partial charge in [0.2, 0.25) is 5.96 Å². The molecule has 0 fully saturated rings. The normalized spacial score (nSPS) is 13.0. The van der Waals surface area contributed by atoms with Crippen LogP contribution >= 0.6 is 0 Å². The summed E-state index contributed by atoms with van der Waals surface area (Å²) >= 11 is 0. The Hall–Kier alpha value is -0.860. The summed E-state index contributed by atoms with van der Waals surface area (Å²) in [6.07, 6.45) is 1.62. The quantitative estimate of drug-likeness (QED) is 0.388. The second-order valence-electron chi connectivity index (χ2n) is 1.22. The summed E-state index contributed by atoms with van der Waals surface area (Å²) in [5.74, 6) is 0.356. The van der Waals surface area contributed by atoms with E-state index in [4.69, 9.17) is 5.73 Å². The van der Waals surface area contributed by atoms with Crippen LogP contribution in [0.5, 0.6) is 0 Å². The molecule has 0 heterocycles. The summed E-state index contributed by atoms with van der Waals surface area (Å²) in [6.45, 7) is 4.42. The summed E-state index contributed by atoms with van der Waals surface area (Å²) in [5.41, 5.74) is 5.25. The van der Waals surface area contributed by atoms with Crippen molar-refractivity contribution in [2.75, 3.05) is 6.54 Å².